The van der Waals surface area contributed by atoms with E-state index in [9.17, 15) is 19.2 Å². The van der Waals surface area contributed by atoms with Crippen molar-refractivity contribution in [1.29, 1.82) is 0 Å². The van der Waals surface area contributed by atoms with E-state index in [1.54, 1.807) is 20.8 Å². The maximum absolute atomic E-state index is 14.1. The van der Waals surface area contributed by atoms with E-state index in [0.717, 1.165) is 43.2 Å². The number of hydrogen-bond donors (Lipinski definition) is 3. The molecule has 0 spiro atoms. The van der Waals surface area contributed by atoms with Gasteiger partial charge in [0.25, 0.3) is 0 Å². The molecule has 9 nitrogen and oxygen atoms in total. The third-order valence-corrected chi connectivity index (χ3v) is 6.54. The van der Waals surface area contributed by atoms with Crippen LogP contribution in [0, 0.1) is 13.8 Å². The smallest absolute Gasteiger partial charge is 0.408 e. The van der Waals surface area contributed by atoms with Crippen LogP contribution in [0.2, 0.25) is 0 Å². The summed E-state index contributed by atoms with van der Waals surface area (Å²) in [6.45, 7) is 15.4. The summed E-state index contributed by atoms with van der Waals surface area (Å²) in [5, 5.41) is 5.61. The molecule has 0 radical (unpaired) electrons. The molecule has 1 rings (SSSR count). The summed E-state index contributed by atoms with van der Waals surface area (Å²) < 4.78 is 5.35. The number of carbonyl (C=O) groups excluding carboxylic acids is 4. The van der Waals surface area contributed by atoms with Crippen molar-refractivity contribution in [3.63, 3.8) is 0 Å². The molecular weight excluding hydrogens is 496 g/mol. The first-order chi connectivity index (χ1) is 18.2. The quantitative estimate of drug-likeness (QED) is 0.271. The zero-order valence-corrected chi connectivity index (χ0v) is 25.2. The van der Waals surface area contributed by atoms with Gasteiger partial charge in [0.05, 0.1) is 6.42 Å². The largest absolute Gasteiger partial charge is 0.444 e. The highest BCUT2D eigenvalue weighted by molar-refractivity contribution is 5.94. The van der Waals surface area contributed by atoms with Crippen molar-refractivity contribution in [2.45, 2.75) is 124 Å². The van der Waals surface area contributed by atoms with E-state index in [-0.39, 0.29) is 18.5 Å². The number of amides is 4. The van der Waals surface area contributed by atoms with Gasteiger partial charge in [-0.15, -0.1) is 0 Å². The Hall–Kier alpha value is -3.10. The van der Waals surface area contributed by atoms with Crippen LogP contribution in [0.3, 0.4) is 0 Å². The van der Waals surface area contributed by atoms with Crippen LogP contribution in [-0.4, -0.2) is 52.9 Å². The average molecular weight is 547 g/mol. The maximum Gasteiger partial charge on any atom is 0.408 e. The lowest BCUT2D eigenvalue weighted by molar-refractivity contribution is -0.143. The lowest BCUT2D eigenvalue weighted by Crippen LogP contribution is -2.54. The number of nitrogens with one attached hydrogen (secondary N) is 2. The summed E-state index contributed by atoms with van der Waals surface area (Å²) in [4.78, 5) is 54.1. The molecule has 0 aliphatic rings. The number of benzene rings is 1. The highest BCUT2D eigenvalue weighted by Gasteiger charge is 2.37. The number of hydrogen-bond acceptors (Lipinski definition) is 5. The van der Waals surface area contributed by atoms with Gasteiger partial charge in [-0.25, -0.2) is 4.79 Å². The Balaban J connectivity index is 3.60. The first-order valence-electron chi connectivity index (χ1n) is 14.2. The highest BCUT2D eigenvalue weighted by atomic mass is 16.6. The van der Waals surface area contributed by atoms with Crippen molar-refractivity contribution in [1.82, 2.24) is 15.5 Å². The predicted molar refractivity (Wildman–Crippen MR) is 154 cm³/mol. The minimum absolute atomic E-state index is 0.0894. The summed E-state index contributed by atoms with van der Waals surface area (Å²) in [5.74, 6) is -1.61. The van der Waals surface area contributed by atoms with E-state index in [0.29, 0.717) is 12.0 Å². The predicted octanol–water partition coefficient (Wildman–Crippen LogP) is 4.83. The Morgan fingerprint density at radius 1 is 1.00 bits per heavy atom. The van der Waals surface area contributed by atoms with Gasteiger partial charge in [0, 0.05) is 12.6 Å². The molecule has 1 aromatic rings. The van der Waals surface area contributed by atoms with Crippen molar-refractivity contribution < 1.29 is 23.9 Å². The molecule has 0 aliphatic heterocycles. The number of nitrogens with two attached hydrogens (primary N) is 1. The Labute approximate surface area is 234 Å². The van der Waals surface area contributed by atoms with Gasteiger partial charge in [0.1, 0.15) is 17.7 Å². The van der Waals surface area contributed by atoms with E-state index in [2.05, 4.69) is 17.6 Å². The van der Waals surface area contributed by atoms with Crippen LogP contribution in [0.4, 0.5) is 4.79 Å². The van der Waals surface area contributed by atoms with Gasteiger partial charge in [-0.1, -0.05) is 57.7 Å². The molecule has 4 N–H and O–H groups in total. The number of rotatable bonds is 15. The van der Waals surface area contributed by atoms with E-state index in [4.69, 9.17) is 10.5 Å². The average Bonchev–Trinajstić information content (AvgIpc) is 2.81. The first-order valence-corrected chi connectivity index (χ1v) is 14.2. The van der Waals surface area contributed by atoms with Gasteiger partial charge in [-0.3, -0.25) is 14.4 Å². The third-order valence-electron chi connectivity index (χ3n) is 6.54. The van der Waals surface area contributed by atoms with Crippen LogP contribution < -0.4 is 16.4 Å². The summed E-state index contributed by atoms with van der Waals surface area (Å²) in [6.07, 6.45) is 3.96. The lowest BCUT2D eigenvalue weighted by atomic mass is 9.94. The molecule has 4 amide bonds. The van der Waals surface area contributed by atoms with E-state index >= 15 is 0 Å². The second-order valence-corrected chi connectivity index (χ2v) is 11.4. The Bertz CT molecular complexity index is 973. The summed E-state index contributed by atoms with van der Waals surface area (Å²) in [6, 6.07) is 3.36. The van der Waals surface area contributed by atoms with Crippen molar-refractivity contribution in [2.75, 3.05) is 6.54 Å². The molecule has 0 aromatic heterocycles. The van der Waals surface area contributed by atoms with Gasteiger partial charge in [0.2, 0.25) is 17.7 Å². The molecule has 0 fully saturated rings. The second-order valence-electron chi connectivity index (χ2n) is 11.4. The zero-order valence-electron chi connectivity index (χ0n) is 25.2. The fraction of sp³-hybridized carbons (Fsp3) is 0.667. The lowest BCUT2D eigenvalue weighted by Gasteiger charge is -2.35. The molecular formula is C30H50N4O5. The van der Waals surface area contributed by atoms with Gasteiger partial charge < -0.3 is 26.0 Å². The number of primary amides is 1. The Kier molecular flexibility index (Phi) is 14.0. The van der Waals surface area contributed by atoms with Crippen LogP contribution in [-0.2, 0) is 19.1 Å². The molecule has 0 saturated carbocycles. The van der Waals surface area contributed by atoms with Crippen LogP contribution >= 0.6 is 0 Å². The van der Waals surface area contributed by atoms with Crippen LogP contribution in [0.5, 0.6) is 0 Å². The molecule has 3 unspecified atom stereocenters. The summed E-state index contributed by atoms with van der Waals surface area (Å²) in [7, 11) is 0. The number of unbranched alkanes of at least 4 members (excludes halogenated alkanes) is 3. The molecule has 0 aliphatic carbocycles. The second kappa shape index (κ2) is 16.1. The van der Waals surface area contributed by atoms with Crippen molar-refractivity contribution in [3.05, 3.63) is 34.9 Å². The minimum atomic E-state index is -1.28. The van der Waals surface area contributed by atoms with Crippen molar-refractivity contribution >= 4 is 23.8 Å². The number of carbonyl (C=O) groups is 4. The van der Waals surface area contributed by atoms with E-state index in [1.165, 1.54) is 4.90 Å². The Morgan fingerprint density at radius 2 is 1.67 bits per heavy atom. The van der Waals surface area contributed by atoms with E-state index < -0.39 is 42.0 Å². The standard InChI is InChI=1S/C30H50N4O5/c1-9-11-12-13-18-34(28(37)24(19-25(31)35)33-29(38)39-30(6,7)8)26(27(36)32-21(4)15-10-2)23-17-14-16-20(3)22(23)5/h14,16-17,21,24,26H,9-13,15,18-19H2,1-8H3,(H2,31,35)(H,32,36)(H,33,38). The molecule has 0 heterocycles. The van der Waals surface area contributed by atoms with E-state index in [1.807, 2.05) is 45.9 Å². The Morgan fingerprint density at radius 3 is 2.23 bits per heavy atom. The maximum atomic E-state index is 14.1. The van der Waals surface area contributed by atoms with Gasteiger partial charge in [-0.2, -0.15) is 0 Å². The third kappa shape index (κ3) is 11.7. The van der Waals surface area contributed by atoms with Crippen molar-refractivity contribution in [3.8, 4) is 0 Å². The molecule has 0 saturated heterocycles. The van der Waals surface area contributed by atoms with Gasteiger partial charge in [0.15, 0.2) is 0 Å². The SMILES string of the molecule is CCCCCCN(C(=O)C(CC(N)=O)NC(=O)OC(C)(C)C)C(C(=O)NC(C)CCC)c1cccc(C)c1C. The molecule has 9 heteroatoms. The molecule has 220 valence electrons. The molecule has 0 bridgehead atoms. The molecule has 3 atom stereocenters. The van der Waals surface area contributed by atoms with Crippen LogP contribution in [0.1, 0.15) is 109 Å². The zero-order chi connectivity index (χ0) is 29.8. The topological polar surface area (TPSA) is 131 Å². The van der Waals surface area contributed by atoms with Crippen LogP contribution in [0.15, 0.2) is 18.2 Å². The summed E-state index contributed by atoms with van der Waals surface area (Å²) in [5.41, 5.74) is 7.28. The van der Waals surface area contributed by atoms with Crippen molar-refractivity contribution in [2.24, 2.45) is 5.73 Å². The number of aryl methyl sites for hydroxylation is 1. The number of nitrogens with zero attached hydrogens (tertiary/aromatic N) is 1. The molecule has 1 aromatic carbocycles. The monoisotopic (exact) mass is 546 g/mol. The fourth-order valence-electron chi connectivity index (χ4n) is 4.47. The normalized spacial score (nSPS) is 13.6. The molecule has 39 heavy (non-hydrogen) atoms. The highest BCUT2D eigenvalue weighted by Crippen LogP contribution is 2.28. The number of alkyl carbamates (subject to hydrolysis) is 1. The van der Waals surface area contributed by atoms with Gasteiger partial charge in [-0.05, 0) is 71.1 Å². The minimum Gasteiger partial charge on any atom is -0.444 e. The van der Waals surface area contributed by atoms with Gasteiger partial charge >= 0.3 is 6.09 Å². The summed E-state index contributed by atoms with van der Waals surface area (Å²) >= 11 is 0. The van der Waals surface area contributed by atoms with Crippen LogP contribution in [0.25, 0.3) is 0 Å². The number of ether oxygens (including phenoxy) is 1. The first kappa shape index (κ1) is 33.9. The fourth-order valence-corrected chi connectivity index (χ4v) is 4.47.